The molecule has 0 fully saturated rings. The van der Waals surface area contributed by atoms with E-state index in [1.54, 1.807) is 11.3 Å². The van der Waals surface area contributed by atoms with Gasteiger partial charge >= 0.3 is 0 Å². The number of thiazole rings is 1. The fraction of sp³-hybridized carbons (Fsp3) is 0.200. The van der Waals surface area contributed by atoms with Crippen LogP contribution in [0.5, 0.6) is 0 Å². The molecule has 0 radical (unpaired) electrons. The number of hydrogen-bond donors (Lipinski definition) is 1. The van der Waals surface area contributed by atoms with Gasteiger partial charge in [0.25, 0.3) is 5.91 Å². The number of nitrogens with zero attached hydrogens (tertiary/aromatic N) is 1. The third-order valence-corrected chi connectivity index (χ3v) is 5.80. The molecule has 7 heteroatoms. The smallest absolute Gasteiger partial charge is 0.263 e. The Morgan fingerprint density at radius 3 is 2.73 bits per heavy atom. The Labute approximate surface area is 144 Å². The fourth-order valence-corrected chi connectivity index (χ4v) is 4.32. The molecule has 0 atom stereocenters. The van der Waals surface area contributed by atoms with E-state index in [2.05, 4.69) is 26.2 Å². The van der Waals surface area contributed by atoms with Crippen molar-refractivity contribution in [3.05, 3.63) is 49.3 Å². The van der Waals surface area contributed by atoms with Gasteiger partial charge in [-0.25, -0.2) is 4.98 Å². The highest BCUT2D eigenvalue weighted by atomic mass is 79.9. The molecule has 3 aromatic heterocycles. The van der Waals surface area contributed by atoms with Gasteiger partial charge in [0.15, 0.2) is 10.8 Å². The Kier molecular flexibility index (Phi) is 4.46. The topological polar surface area (TPSA) is 55.1 Å². The van der Waals surface area contributed by atoms with Gasteiger partial charge < -0.3 is 9.73 Å². The number of carbonyl (C=O) groups excluding carboxylic acids is 1. The number of halogens is 1. The van der Waals surface area contributed by atoms with Gasteiger partial charge in [0.2, 0.25) is 0 Å². The molecule has 1 amide bonds. The maximum Gasteiger partial charge on any atom is 0.263 e. The molecule has 3 aromatic rings. The van der Waals surface area contributed by atoms with Gasteiger partial charge in [-0.3, -0.25) is 4.79 Å². The highest BCUT2D eigenvalue weighted by Crippen LogP contribution is 2.29. The number of aromatic nitrogens is 1. The number of carbonyl (C=O) groups is 1. The zero-order chi connectivity index (χ0) is 15.7. The van der Waals surface area contributed by atoms with Crippen LogP contribution in [0.25, 0.3) is 10.8 Å². The Hall–Kier alpha value is -1.44. The molecule has 0 unspecified atom stereocenters. The molecular formula is C15H13BrN2O2S2. The second-order valence-electron chi connectivity index (χ2n) is 4.73. The van der Waals surface area contributed by atoms with E-state index in [0.29, 0.717) is 17.2 Å². The Balaban J connectivity index is 1.74. The third-order valence-electron chi connectivity index (χ3n) is 3.01. The number of rotatable bonds is 4. The lowest BCUT2D eigenvalue weighted by Crippen LogP contribution is -2.22. The van der Waals surface area contributed by atoms with Crippen molar-refractivity contribution in [3.63, 3.8) is 0 Å². The lowest BCUT2D eigenvalue weighted by atomic mass is 10.3. The van der Waals surface area contributed by atoms with Crippen molar-refractivity contribution in [2.24, 2.45) is 0 Å². The van der Waals surface area contributed by atoms with Crippen LogP contribution in [0.15, 0.2) is 32.5 Å². The summed E-state index contributed by atoms with van der Waals surface area (Å²) >= 11 is 6.37. The highest BCUT2D eigenvalue weighted by Gasteiger charge is 2.17. The lowest BCUT2D eigenvalue weighted by Gasteiger charge is -2.01. The number of furan rings is 1. The molecule has 0 saturated carbocycles. The van der Waals surface area contributed by atoms with Gasteiger partial charge in [-0.15, -0.1) is 22.7 Å². The summed E-state index contributed by atoms with van der Waals surface area (Å²) in [5.41, 5.74) is 0.721. The van der Waals surface area contributed by atoms with Crippen molar-refractivity contribution in [2.45, 2.75) is 20.4 Å². The molecule has 4 nitrogen and oxygen atoms in total. The second-order valence-corrected chi connectivity index (χ2v) is 8.28. The van der Waals surface area contributed by atoms with E-state index in [4.69, 9.17) is 4.42 Å². The van der Waals surface area contributed by atoms with Gasteiger partial charge in [-0.2, -0.15) is 0 Å². The first-order chi connectivity index (χ1) is 10.5. The molecule has 1 N–H and O–H groups in total. The average Bonchev–Trinajstić information content (AvgIpc) is 3.17. The second kappa shape index (κ2) is 6.36. The molecule has 0 aliphatic carbocycles. The number of amides is 1. The summed E-state index contributed by atoms with van der Waals surface area (Å²) in [6, 6.07) is 7.73. The molecule has 3 rings (SSSR count). The first kappa shape index (κ1) is 15.5. The Morgan fingerprint density at radius 1 is 1.27 bits per heavy atom. The van der Waals surface area contributed by atoms with Gasteiger partial charge in [-0.05, 0) is 54.0 Å². The summed E-state index contributed by atoms with van der Waals surface area (Å²) < 4.78 is 6.62. The number of thiophene rings is 1. The van der Waals surface area contributed by atoms with Crippen LogP contribution in [0.3, 0.4) is 0 Å². The van der Waals surface area contributed by atoms with Gasteiger partial charge in [0.1, 0.15) is 10.6 Å². The molecule has 0 saturated heterocycles. The van der Waals surface area contributed by atoms with E-state index in [9.17, 15) is 4.79 Å². The number of aryl methyl sites for hydroxylation is 2. The summed E-state index contributed by atoms with van der Waals surface area (Å²) in [5.74, 6) is 1.43. The van der Waals surface area contributed by atoms with Crippen molar-refractivity contribution in [1.82, 2.24) is 10.3 Å². The van der Waals surface area contributed by atoms with Crippen LogP contribution < -0.4 is 5.32 Å². The molecule has 0 aliphatic heterocycles. The zero-order valence-electron chi connectivity index (χ0n) is 12.0. The molecular weight excluding hydrogens is 384 g/mol. The van der Waals surface area contributed by atoms with Crippen LogP contribution in [-0.2, 0) is 6.54 Å². The Bertz CT molecular complexity index is 819. The number of hydrogen-bond acceptors (Lipinski definition) is 5. The normalized spacial score (nSPS) is 10.9. The van der Waals surface area contributed by atoms with Crippen LogP contribution in [0.4, 0.5) is 0 Å². The van der Waals surface area contributed by atoms with E-state index in [0.717, 1.165) is 25.1 Å². The lowest BCUT2D eigenvalue weighted by molar-refractivity contribution is 0.0954. The fourth-order valence-electron chi connectivity index (χ4n) is 1.96. The van der Waals surface area contributed by atoms with Crippen molar-refractivity contribution >= 4 is 44.5 Å². The van der Waals surface area contributed by atoms with Crippen LogP contribution in [0.2, 0.25) is 0 Å². The maximum absolute atomic E-state index is 12.3. The van der Waals surface area contributed by atoms with Crippen LogP contribution >= 0.6 is 38.6 Å². The monoisotopic (exact) mass is 396 g/mol. The van der Waals surface area contributed by atoms with Crippen LogP contribution in [-0.4, -0.2) is 10.9 Å². The summed E-state index contributed by atoms with van der Waals surface area (Å²) in [6.07, 6.45) is 0. The van der Waals surface area contributed by atoms with E-state index >= 15 is 0 Å². The summed E-state index contributed by atoms with van der Waals surface area (Å²) in [6.45, 7) is 4.24. The predicted octanol–water partition coefficient (Wildman–Crippen LogP) is 4.77. The van der Waals surface area contributed by atoms with Gasteiger partial charge in [0.05, 0.1) is 16.0 Å². The minimum absolute atomic E-state index is 0.103. The summed E-state index contributed by atoms with van der Waals surface area (Å²) in [7, 11) is 0. The quantitative estimate of drug-likeness (QED) is 0.690. The van der Waals surface area contributed by atoms with Crippen molar-refractivity contribution in [3.8, 4) is 10.8 Å². The van der Waals surface area contributed by atoms with E-state index in [-0.39, 0.29) is 5.91 Å². The summed E-state index contributed by atoms with van der Waals surface area (Å²) in [4.78, 5) is 18.5. The molecule has 0 bridgehead atoms. The first-order valence-electron chi connectivity index (χ1n) is 6.59. The third kappa shape index (κ3) is 3.31. The molecule has 0 aliphatic rings. The van der Waals surface area contributed by atoms with Crippen LogP contribution in [0.1, 0.15) is 26.0 Å². The maximum atomic E-state index is 12.3. The highest BCUT2D eigenvalue weighted by molar-refractivity contribution is 9.11. The minimum Gasteiger partial charge on any atom is -0.459 e. The average molecular weight is 397 g/mol. The summed E-state index contributed by atoms with van der Waals surface area (Å²) in [5, 5.41) is 3.66. The van der Waals surface area contributed by atoms with Crippen molar-refractivity contribution in [2.75, 3.05) is 0 Å². The largest absolute Gasteiger partial charge is 0.459 e. The SMILES string of the molecule is Cc1ccc(-c2nc(C)c(C(=O)NCc3ccc(Br)s3)s2)o1. The Morgan fingerprint density at radius 2 is 2.09 bits per heavy atom. The molecule has 0 spiro atoms. The minimum atomic E-state index is -0.103. The van der Waals surface area contributed by atoms with Gasteiger partial charge in [-0.1, -0.05) is 0 Å². The van der Waals surface area contributed by atoms with Crippen molar-refractivity contribution < 1.29 is 9.21 Å². The number of nitrogens with one attached hydrogen (secondary N) is 1. The van der Waals surface area contributed by atoms with Gasteiger partial charge in [0, 0.05) is 4.88 Å². The molecule has 0 aromatic carbocycles. The van der Waals surface area contributed by atoms with Crippen LogP contribution in [0, 0.1) is 13.8 Å². The van der Waals surface area contributed by atoms with E-state index in [1.165, 1.54) is 11.3 Å². The first-order valence-corrected chi connectivity index (χ1v) is 9.02. The molecule has 3 heterocycles. The van der Waals surface area contributed by atoms with E-state index < -0.39 is 0 Å². The molecule has 22 heavy (non-hydrogen) atoms. The predicted molar refractivity (Wildman–Crippen MR) is 92.5 cm³/mol. The zero-order valence-corrected chi connectivity index (χ0v) is 15.2. The standard InChI is InChI=1S/C15H13BrN2O2S2/c1-8-3-5-11(20-8)15-18-9(2)13(22-15)14(19)17-7-10-4-6-12(16)21-10/h3-6H,7H2,1-2H3,(H,17,19). The van der Waals surface area contributed by atoms with E-state index in [1.807, 2.05) is 38.1 Å². The molecule has 114 valence electrons. The van der Waals surface area contributed by atoms with Crippen molar-refractivity contribution in [1.29, 1.82) is 0 Å².